The average molecular weight is 242 g/mol. The molecule has 0 rings (SSSR count). The molecule has 0 aliphatic carbocycles. The van der Waals surface area contributed by atoms with Crippen LogP contribution in [-0.2, 0) is 26.2 Å². The van der Waals surface area contributed by atoms with Gasteiger partial charge in [0.1, 0.15) is 0 Å². The topological polar surface area (TPSA) is 92.5 Å². The Labute approximate surface area is 81.2 Å². The number of nitrogens with two attached hydrogens (primary N) is 2. The minimum atomic E-state index is 0. The summed E-state index contributed by atoms with van der Waals surface area (Å²) >= 11 is 0. The van der Waals surface area contributed by atoms with E-state index in [0.29, 0.717) is 13.1 Å². The van der Waals surface area contributed by atoms with Gasteiger partial charge in [0.05, 0.1) is 0 Å². The van der Waals surface area contributed by atoms with Gasteiger partial charge in [-0.3, -0.25) is 0 Å². The molecular weight excluding hydrogens is 231 g/mol. The van der Waals surface area contributed by atoms with E-state index in [1.54, 1.807) is 0 Å². The molecule has 0 amide bonds. The second kappa shape index (κ2) is 61.1. The van der Waals surface area contributed by atoms with E-state index in [0.717, 1.165) is 0 Å². The predicted molar refractivity (Wildman–Crippen MR) is 34.1 cm³/mol. The Bertz CT molecular complexity index is 22.5. The average Bonchev–Trinajstić information content (AvgIpc) is 1.96. The monoisotopic (exact) mass is 240 g/mol. The molecule has 4 nitrogen and oxygen atoms in total. The minimum Gasteiger partial charge on any atom is -0.433 e. The van der Waals surface area contributed by atoms with Crippen LogP contribution < -0.4 is 11.5 Å². The molecule has 9 heavy (non-hydrogen) atoms. The standard InChI is InChI=1S/C2H8N2.2HOSi.Zr/c3-1-2-4;2*1-2;/h1-4H2;2*1H;. The molecule has 0 bridgehead atoms. The first-order valence-electron chi connectivity index (χ1n) is 1.76. The third-order valence-corrected chi connectivity index (χ3v) is 0.167. The molecule has 0 spiro atoms. The van der Waals surface area contributed by atoms with E-state index < -0.39 is 0 Å². The van der Waals surface area contributed by atoms with E-state index in [1.165, 1.54) is 0 Å². The SMILES string of the molecule is NCCN.O[Si].O[Si].[Zr]. The molecule has 0 aromatic carbocycles. The Morgan fingerprint density at radius 3 is 1.00 bits per heavy atom. The number of rotatable bonds is 1. The third kappa shape index (κ3) is 101. The van der Waals surface area contributed by atoms with Gasteiger partial charge in [0, 0.05) is 39.3 Å². The molecule has 0 aliphatic rings. The molecule has 0 fully saturated rings. The normalized spacial score (nSPS) is 4.67. The van der Waals surface area contributed by atoms with Crippen LogP contribution in [0.2, 0.25) is 0 Å². The summed E-state index contributed by atoms with van der Waals surface area (Å²) in [5.41, 5.74) is 9.81. The summed E-state index contributed by atoms with van der Waals surface area (Å²) < 4.78 is 0. The van der Waals surface area contributed by atoms with Gasteiger partial charge in [-0.1, -0.05) is 0 Å². The van der Waals surface area contributed by atoms with Crippen molar-refractivity contribution >= 4 is 21.0 Å². The van der Waals surface area contributed by atoms with Gasteiger partial charge in [0.2, 0.25) is 21.0 Å². The van der Waals surface area contributed by atoms with Gasteiger partial charge in [-0.05, 0) is 0 Å². The van der Waals surface area contributed by atoms with Crippen molar-refractivity contribution in [1.29, 1.82) is 0 Å². The van der Waals surface area contributed by atoms with Gasteiger partial charge < -0.3 is 21.1 Å². The van der Waals surface area contributed by atoms with Crippen LogP contribution in [0.1, 0.15) is 0 Å². The van der Waals surface area contributed by atoms with E-state index in [9.17, 15) is 0 Å². The largest absolute Gasteiger partial charge is 0.433 e. The Kier molecular flexibility index (Phi) is 153. The summed E-state index contributed by atoms with van der Waals surface area (Å²) in [4.78, 5) is 13.6. The van der Waals surface area contributed by atoms with Crippen LogP contribution in [0.15, 0.2) is 0 Å². The van der Waals surface area contributed by atoms with Crippen molar-refractivity contribution in [1.82, 2.24) is 0 Å². The zero-order valence-electron chi connectivity index (χ0n) is 4.96. The molecule has 0 atom stereocenters. The fraction of sp³-hybridized carbons (Fsp3) is 1.00. The summed E-state index contributed by atoms with van der Waals surface area (Å²) in [5.74, 6) is 0. The summed E-state index contributed by atoms with van der Waals surface area (Å²) in [6, 6.07) is 0. The van der Waals surface area contributed by atoms with E-state index in [1.807, 2.05) is 21.0 Å². The predicted octanol–water partition coefficient (Wildman–Crippen LogP) is -2.97. The van der Waals surface area contributed by atoms with Crippen molar-refractivity contribution in [3.8, 4) is 0 Å². The van der Waals surface area contributed by atoms with Crippen LogP contribution in [0.25, 0.3) is 0 Å². The van der Waals surface area contributed by atoms with Crippen molar-refractivity contribution in [3.05, 3.63) is 0 Å². The fourth-order valence-corrected chi connectivity index (χ4v) is 0. The second-order valence-electron chi connectivity index (χ2n) is 0.577. The van der Waals surface area contributed by atoms with E-state index >= 15 is 0 Å². The Hall–Kier alpha value is 1.16. The van der Waals surface area contributed by atoms with Crippen LogP contribution in [-0.4, -0.2) is 43.7 Å². The van der Waals surface area contributed by atoms with Crippen LogP contribution in [0.3, 0.4) is 0 Å². The molecular formula is C2H10N2O2Si2Zr. The second-order valence-corrected chi connectivity index (χ2v) is 0.577. The first-order valence-corrected chi connectivity index (χ1v) is 2.66. The zero-order chi connectivity index (χ0) is 7.41. The number of hydrogen-bond acceptors (Lipinski definition) is 4. The maximum absolute atomic E-state index is 6.81. The van der Waals surface area contributed by atoms with Gasteiger partial charge in [0.25, 0.3) is 0 Å². The van der Waals surface area contributed by atoms with Gasteiger partial charge >= 0.3 is 0 Å². The van der Waals surface area contributed by atoms with Crippen molar-refractivity contribution in [2.45, 2.75) is 0 Å². The van der Waals surface area contributed by atoms with E-state index in [4.69, 9.17) is 21.1 Å². The molecule has 7 heteroatoms. The maximum atomic E-state index is 6.81. The van der Waals surface area contributed by atoms with Crippen LogP contribution >= 0.6 is 0 Å². The Morgan fingerprint density at radius 1 is 0.889 bits per heavy atom. The van der Waals surface area contributed by atoms with Crippen LogP contribution in [0, 0.1) is 0 Å². The molecule has 0 unspecified atom stereocenters. The van der Waals surface area contributed by atoms with Crippen molar-refractivity contribution in [3.63, 3.8) is 0 Å². The molecule has 6 N–H and O–H groups in total. The van der Waals surface area contributed by atoms with Crippen LogP contribution in [0.4, 0.5) is 0 Å². The van der Waals surface area contributed by atoms with Gasteiger partial charge in [0.15, 0.2) is 0 Å². The third-order valence-electron chi connectivity index (χ3n) is 0.167. The fourth-order valence-electron chi connectivity index (χ4n) is 0. The van der Waals surface area contributed by atoms with Gasteiger partial charge in [-0.2, -0.15) is 0 Å². The zero-order valence-corrected chi connectivity index (χ0v) is 9.42. The Morgan fingerprint density at radius 2 is 1.00 bits per heavy atom. The summed E-state index contributed by atoms with van der Waals surface area (Å²) in [6.45, 7) is 1.19. The molecule has 52 valence electrons. The molecule has 0 saturated heterocycles. The van der Waals surface area contributed by atoms with Crippen LogP contribution in [0.5, 0.6) is 0 Å². The molecule has 0 aromatic rings. The first-order chi connectivity index (χ1) is 3.91. The molecule has 0 heterocycles. The van der Waals surface area contributed by atoms with Gasteiger partial charge in [-0.15, -0.1) is 0 Å². The molecule has 0 aromatic heterocycles. The first kappa shape index (κ1) is 22.5. The smallest absolute Gasteiger partial charge is 0.240 e. The van der Waals surface area contributed by atoms with Gasteiger partial charge in [-0.25, -0.2) is 0 Å². The Balaban J connectivity index is -0.0000000221. The molecule has 0 aliphatic heterocycles. The summed E-state index contributed by atoms with van der Waals surface area (Å²) in [6.07, 6.45) is 0. The van der Waals surface area contributed by atoms with Crippen molar-refractivity contribution < 1.29 is 35.8 Å². The van der Waals surface area contributed by atoms with E-state index in [2.05, 4.69) is 0 Å². The quantitative estimate of drug-likeness (QED) is 0.369. The summed E-state index contributed by atoms with van der Waals surface area (Å²) in [5, 5.41) is 0. The molecule has 6 radical (unpaired) electrons. The summed E-state index contributed by atoms with van der Waals surface area (Å²) in [7, 11) is 3.94. The molecule has 0 saturated carbocycles. The van der Waals surface area contributed by atoms with E-state index in [-0.39, 0.29) is 26.2 Å². The maximum Gasteiger partial charge on any atom is 0.240 e. The minimum absolute atomic E-state index is 0. The van der Waals surface area contributed by atoms with Crippen molar-refractivity contribution in [2.24, 2.45) is 11.5 Å². The number of hydrogen-bond donors (Lipinski definition) is 4. The van der Waals surface area contributed by atoms with Crippen molar-refractivity contribution in [2.75, 3.05) is 13.1 Å².